The summed E-state index contributed by atoms with van der Waals surface area (Å²) in [5, 5.41) is 3.29. The Hall–Kier alpha value is -2.94. The second-order valence-corrected chi connectivity index (χ2v) is 10.2. The van der Waals surface area contributed by atoms with E-state index in [9.17, 15) is 9.59 Å². The molecular weight excluding hydrogens is 436 g/mol. The molecule has 2 atom stereocenters. The fourth-order valence-electron chi connectivity index (χ4n) is 5.02. The zero-order valence-electron chi connectivity index (χ0n) is 19.1. The molecule has 3 N–H and O–H groups in total. The Morgan fingerprint density at radius 2 is 2.12 bits per heavy atom. The number of carbonyl (C=O) groups is 1. The molecule has 3 aromatic rings. The van der Waals surface area contributed by atoms with E-state index in [0.717, 1.165) is 59.9 Å². The lowest BCUT2D eigenvalue weighted by Gasteiger charge is -2.29. The molecule has 2 aliphatic rings. The van der Waals surface area contributed by atoms with Gasteiger partial charge in [-0.05, 0) is 43.9 Å². The van der Waals surface area contributed by atoms with Gasteiger partial charge in [0.15, 0.2) is 0 Å². The van der Waals surface area contributed by atoms with Crippen molar-refractivity contribution in [1.29, 1.82) is 0 Å². The fraction of sp³-hybridized carbons (Fsp3) is 0.458. The van der Waals surface area contributed by atoms with Crippen molar-refractivity contribution in [2.45, 2.75) is 32.6 Å². The molecule has 0 spiro atoms. The summed E-state index contributed by atoms with van der Waals surface area (Å²) in [5.41, 5.74) is 4.62. The topological polar surface area (TPSA) is 98.8 Å². The molecule has 1 aliphatic heterocycles. The van der Waals surface area contributed by atoms with Gasteiger partial charge in [0.2, 0.25) is 5.91 Å². The van der Waals surface area contributed by atoms with Crippen molar-refractivity contribution in [3.63, 3.8) is 0 Å². The summed E-state index contributed by atoms with van der Waals surface area (Å²) in [6, 6.07) is 5.80. The molecule has 0 bridgehead atoms. The normalized spacial score (nSPS) is 21.3. The summed E-state index contributed by atoms with van der Waals surface area (Å²) < 4.78 is 1.76. The quantitative estimate of drug-likeness (QED) is 0.500. The minimum Gasteiger partial charge on any atom is -0.361 e. The van der Waals surface area contributed by atoms with Crippen LogP contribution < -0.4 is 11.0 Å². The minimum atomic E-state index is -0.202. The van der Waals surface area contributed by atoms with Crippen LogP contribution in [0.1, 0.15) is 38.3 Å². The molecule has 0 radical (unpaired) electrons. The summed E-state index contributed by atoms with van der Waals surface area (Å²) >= 11 is 1.88. The highest BCUT2D eigenvalue weighted by molar-refractivity contribution is 7.99. The first-order valence-electron chi connectivity index (χ1n) is 11.6. The Labute approximate surface area is 196 Å². The number of hydrogen-bond acceptors (Lipinski definition) is 5. The van der Waals surface area contributed by atoms with E-state index in [1.165, 1.54) is 5.57 Å². The van der Waals surface area contributed by atoms with E-state index in [2.05, 4.69) is 40.2 Å². The highest BCUT2D eigenvalue weighted by Crippen LogP contribution is 2.39. The number of aromatic nitrogens is 4. The number of hydrogen-bond donors (Lipinski definition) is 3. The Balaban J connectivity index is 1.52. The zero-order chi connectivity index (χ0) is 22.9. The fourth-order valence-corrected chi connectivity index (χ4v) is 5.92. The van der Waals surface area contributed by atoms with Crippen molar-refractivity contribution in [2.24, 2.45) is 5.92 Å². The highest BCUT2D eigenvalue weighted by Gasteiger charge is 2.30. The smallest absolute Gasteiger partial charge is 0.331 e. The molecule has 2 unspecified atom stereocenters. The van der Waals surface area contributed by atoms with Gasteiger partial charge in [0.05, 0.1) is 35.3 Å². The molecule has 1 amide bonds. The standard InChI is InChI=1S/C24H30N6O2S/c1-15-3-5-18(16(2)11-15)22-23(25-13-21(31)29-7-9-33-10-8-29)28-24(32)30(22)17-4-6-19-20(12-17)27-14-26-19/h4,6,11-12,14,16,18,25H,3,5,7-10,13H2,1-2H3,(H,26,27)(H,28,32). The number of benzene rings is 1. The average Bonchev–Trinajstić information content (AvgIpc) is 3.41. The Bertz CT molecular complexity index is 1250. The number of anilines is 1. The summed E-state index contributed by atoms with van der Waals surface area (Å²) in [6.45, 7) is 6.10. The Morgan fingerprint density at radius 1 is 1.30 bits per heavy atom. The van der Waals surface area contributed by atoms with Gasteiger partial charge >= 0.3 is 5.69 Å². The third-order valence-electron chi connectivity index (χ3n) is 6.76. The maximum absolute atomic E-state index is 13.2. The molecule has 8 nitrogen and oxygen atoms in total. The number of rotatable bonds is 5. The van der Waals surface area contributed by atoms with Crippen LogP contribution in [0.5, 0.6) is 0 Å². The molecule has 1 fully saturated rings. The van der Waals surface area contributed by atoms with Crippen molar-refractivity contribution in [3.05, 3.63) is 52.4 Å². The van der Waals surface area contributed by atoms with Crippen molar-refractivity contribution < 1.29 is 4.79 Å². The van der Waals surface area contributed by atoms with Gasteiger partial charge in [0.25, 0.3) is 0 Å². The molecule has 33 heavy (non-hydrogen) atoms. The van der Waals surface area contributed by atoms with Gasteiger partial charge in [0, 0.05) is 30.5 Å². The highest BCUT2D eigenvalue weighted by atomic mass is 32.2. The van der Waals surface area contributed by atoms with Crippen molar-refractivity contribution in [3.8, 4) is 5.69 Å². The van der Waals surface area contributed by atoms with Crippen LogP contribution in [0.25, 0.3) is 16.7 Å². The SMILES string of the molecule is CC1=CC(C)C(c2c(NCC(=O)N3CCSCC3)[nH]c(=O)n2-c2ccc3nc[nH]c3c2)CC1. The zero-order valence-corrected chi connectivity index (χ0v) is 19.9. The van der Waals surface area contributed by atoms with E-state index in [-0.39, 0.29) is 30.0 Å². The van der Waals surface area contributed by atoms with E-state index in [4.69, 9.17) is 0 Å². The number of aromatic amines is 2. The Morgan fingerprint density at radius 3 is 2.91 bits per heavy atom. The number of imidazole rings is 2. The largest absolute Gasteiger partial charge is 0.361 e. The maximum atomic E-state index is 13.2. The Kier molecular flexibility index (Phi) is 6.05. The molecule has 1 aliphatic carbocycles. The number of nitrogens with one attached hydrogen (secondary N) is 3. The van der Waals surface area contributed by atoms with Crippen LogP contribution in [0.3, 0.4) is 0 Å². The van der Waals surface area contributed by atoms with Crippen LogP contribution in [-0.4, -0.2) is 61.5 Å². The first kappa shape index (κ1) is 21.9. The number of amides is 1. The van der Waals surface area contributed by atoms with Gasteiger partial charge in [-0.3, -0.25) is 14.3 Å². The molecular formula is C24H30N6O2S. The predicted octanol–water partition coefficient (Wildman–Crippen LogP) is 3.49. The van der Waals surface area contributed by atoms with Crippen molar-refractivity contribution in [2.75, 3.05) is 36.5 Å². The maximum Gasteiger partial charge on any atom is 0.331 e. The minimum absolute atomic E-state index is 0.0705. The molecule has 1 saturated heterocycles. The number of fused-ring (bicyclic) bond motifs is 1. The third kappa shape index (κ3) is 4.34. The lowest BCUT2D eigenvalue weighted by atomic mass is 9.80. The van der Waals surface area contributed by atoms with E-state index in [1.54, 1.807) is 10.9 Å². The number of nitrogens with zero attached hydrogens (tertiary/aromatic N) is 3. The summed E-state index contributed by atoms with van der Waals surface area (Å²) in [7, 11) is 0. The second kappa shape index (κ2) is 9.13. The predicted molar refractivity (Wildman–Crippen MR) is 133 cm³/mol. The van der Waals surface area contributed by atoms with Crippen LogP contribution in [0.15, 0.2) is 41.0 Å². The number of allylic oxidation sites excluding steroid dienone is 2. The van der Waals surface area contributed by atoms with E-state index >= 15 is 0 Å². The molecule has 9 heteroatoms. The molecule has 3 heterocycles. The van der Waals surface area contributed by atoms with Gasteiger partial charge in [-0.1, -0.05) is 18.6 Å². The molecule has 174 valence electrons. The van der Waals surface area contributed by atoms with Gasteiger partial charge < -0.3 is 15.2 Å². The number of H-pyrrole nitrogens is 2. The lowest BCUT2D eigenvalue weighted by Crippen LogP contribution is -2.41. The van der Waals surface area contributed by atoms with Crippen molar-refractivity contribution >= 4 is 34.5 Å². The first-order valence-corrected chi connectivity index (χ1v) is 12.7. The third-order valence-corrected chi connectivity index (χ3v) is 7.70. The van der Waals surface area contributed by atoms with Crippen LogP contribution in [0.2, 0.25) is 0 Å². The molecule has 2 aromatic heterocycles. The van der Waals surface area contributed by atoms with Gasteiger partial charge in [-0.25, -0.2) is 9.78 Å². The number of thioether (sulfide) groups is 1. The molecule has 5 rings (SSSR count). The van der Waals surface area contributed by atoms with Gasteiger partial charge in [-0.2, -0.15) is 11.8 Å². The van der Waals surface area contributed by atoms with Gasteiger partial charge in [-0.15, -0.1) is 0 Å². The average molecular weight is 467 g/mol. The van der Waals surface area contributed by atoms with E-state index in [0.29, 0.717) is 5.82 Å². The molecule has 1 aromatic carbocycles. The summed E-state index contributed by atoms with van der Waals surface area (Å²) in [4.78, 5) is 38.3. The number of carbonyl (C=O) groups excluding carboxylic acids is 1. The van der Waals surface area contributed by atoms with Crippen molar-refractivity contribution in [1.82, 2.24) is 24.4 Å². The van der Waals surface area contributed by atoms with Crippen LogP contribution in [-0.2, 0) is 4.79 Å². The van der Waals surface area contributed by atoms with Gasteiger partial charge in [0.1, 0.15) is 5.82 Å². The first-order chi connectivity index (χ1) is 16.0. The van der Waals surface area contributed by atoms with Crippen LogP contribution in [0, 0.1) is 5.92 Å². The monoisotopic (exact) mass is 466 g/mol. The second-order valence-electron chi connectivity index (χ2n) is 8.99. The van der Waals surface area contributed by atoms with Crippen LogP contribution in [0.4, 0.5) is 5.82 Å². The summed E-state index contributed by atoms with van der Waals surface area (Å²) in [5.74, 6) is 3.12. The van der Waals surface area contributed by atoms with E-state index in [1.807, 2.05) is 34.9 Å². The summed E-state index contributed by atoms with van der Waals surface area (Å²) in [6.07, 6.45) is 5.91. The molecule has 0 saturated carbocycles. The van der Waals surface area contributed by atoms with Crippen LogP contribution >= 0.6 is 11.8 Å². The lowest BCUT2D eigenvalue weighted by molar-refractivity contribution is -0.128. The van der Waals surface area contributed by atoms with E-state index < -0.39 is 0 Å².